The Morgan fingerprint density at radius 1 is 1.25 bits per heavy atom. The third-order valence-corrected chi connectivity index (χ3v) is 5.77. The highest BCUT2D eigenvalue weighted by Crippen LogP contribution is 2.30. The summed E-state index contributed by atoms with van der Waals surface area (Å²) in [5.41, 5.74) is 0.415. The molecule has 0 saturated carbocycles. The molecule has 164 valence electrons. The standard InChI is InChI=1S/C22H20N4O4S2/c1-13(2)9-19-25-26-22(32-19)24-20(27)15(12-23)10-14-6-7-16(17(11-14)29-3)30-21(28)18-5-4-8-31-18/h4-8,10-11,13H,9H2,1-3H3,(H,24,26,27)/b15-10-. The van der Waals surface area contributed by atoms with Crippen molar-refractivity contribution in [2.45, 2.75) is 20.3 Å². The fraction of sp³-hybridized carbons (Fsp3) is 0.227. The molecule has 1 aromatic carbocycles. The molecule has 0 radical (unpaired) electrons. The van der Waals surface area contributed by atoms with Crippen LogP contribution in [0.15, 0.2) is 41.3 Å². The molecule has 0 aliphatic carbocycles. The minimum Gasteiger partial charge on any atom is -0.493 e. The van der Waals surface area contributed by atoms with Gasteiger partial charge in [0.2, 0.25) is 5.13 Å². The van der Waals surface area contributed by atoms with Crippen LogP contribution in [0, 0.1) is 17.2 Å². The molecule has 0 fully saturated rings. The van der Waals surface area contributed by atoms with Gasteiger partial charge in [-0.25, -0.2) is 4.79 Å². The average Bonchev–Trinajstić information content (AvgIpc) is 3.44. The van der Waals surface area contributed by atoms with Crippen LogP contribution in [-0.4, -0.2) is 29.2 Å². The molecular formula is C22H20N4O4S2. The smallest absolute Gasteiger partial charge is 0.353 e. The van der Waals surface area contributed by atoms with Gasteiger partial charge in [0.05, 0.1) is 7.11 Å². The molecule has 2 aromatic heterocycles. The number of carbonyl (C=O) groups is 2. The van der Waals surface area contributed by atoms with Gasteiger partial charge in [0.1, 0.15) is 21.5 Å². The van der Waals surface area contributed by atoms with E-state index < -0.39 is 11.9 Å². The maximum absolute atomic E-state index is 12.5. The third kappa shape index (κ3) is 6.00. The Kier molecular flexibility index (Phi) is 7.70. The predicted octanol–water partition coefficient (Wildman–Crippen LogP) is 4.57. The minimum absolute atomic E-state index is 0.115. The van der Waals surface area contributed by atoms with Crippen LogP contribution >= 0.6 is 22.7 Å². The summed E-state index contributed by atoms with van der Waals surface area (Å²) in [6.07, 6.45) is 2.18. The number of nitrogens with zero attached hydrogens (tertiary/aromatic N) is 3. The number of esters is 1. The minimum atomic E-state index is -0.591. The molecule has 2 heterocycles. The molecule has 1 N–H and O–H groups in total. The second-order valence-electron chi connectivity index (χ2n) is 7.00. The lowest BCUT2D eigenvalue weighted by atomic mass is 10.1. The van der Waals surface area contributed by atoms with E-state index in [1.165, 1.54) is 35.9 Å². The normalized spacial score (nSPS) is 11.2. The first-order valence-electron chi connectivity index (χ1n) is 9.58. The lowest BCUT2D eigenvalue weighted by molar-refractivity contribution is -0.112. The molecule has 0 aliphatic rings. The summed E-state index contributed by atoms with van der Waals surface area (Å²) >= 11 is 2.55. The number of amides is 1. The van der Waals surface area contributed by atoms with E-state index in [4.69, 9.17) is 9.47 Å². The van der Waals surface area contributed by atoms with Crippen molar-refractivity contribution in [1.82, 2.24) is 10.2 Å². The molecule has 0 saturated heterocycles. The van der Waals surface area contributed by atoms with Crippen molar-refractivity contribution in [3.8, 4) is 17.6 Å². The van der Waals surface area contributed by atoms with Crippen molar-refractivity contribution < 1.29 is 19.1 Å². The highest BCUT2D eigenvalue weighted by Gasteiger charge is 2.16. The van der Waals surface area contributed by atoms with Crippen LogP contribution in [0.4, 0.5) is 5.13 Å². The molecule has 0 atom stereocenters. The Labute approximate surface area is 193 Å². The monoisotopic (exact) mass is 468 g/mol. The molecule has 10 heteroatoms. The topological polar surface area (TPSA) is 114 Å². The fourth-order valence-electron chi connectivity index (χ4n) is 2.62. The van der Waals surface area contributed by atoms with Crippen LogP contribution in [0.25, 0.3) is 6.08 Å². The van der Waals surface area contributed by atoms with Crippen LogP contribution in [0.5, 0.6) is 11.5 Å². The second kappa shape index (κ2) is 10.7. The first-order valence-corrected chi connectivity index (χ1v) is 11.3. The Hall–Kier alpha value is -3.55. The number of thiophene rings is 1. The van der Waals surface area contributed by atoms with Crippen molar-refractivity contribution in [3.63, 3.8) is 0 Å². The van der Waals surface area contributed by atoms with E-state index in [2.05, 4.69) is 29.4 Å². The van der Waals surface area contributed by atoms with Gasteiger partial charge in [0, 0.05) is 6.42 Å². The molecule has 3 rings (SSSR count). The summed E-state index contributed by atoms with van der Waals surface area (Å²) in [6, 6.07) is 10.1. The highest BCUT2D eigenvalue weighted by molar-refractivity contribution is 7.15. The summed E-state index contributed by atoms with van der Waals surface area (Å²) in [7, 11) is 1.44. The van der Waals surface area contributed by atoms with Gasteiger partial charge in [-0.1, -0.05) is 37.3 Å². The van der Waals surface area contributed by atoms with Crippen LogP contribution < -0.4 is 14.8 Å². The Balaban J connectivity index is 1.74. The van der Waals surface area contributed by atoms with Crippen LogP contribution in [0.2, 0.25) is 0 Å². The summed E-state index contributed by atoms with van der Waals surface area (Å²) in [6.45, 7) is 4.14. The van der Waals surface area contributed by atoms with Gasteiger partial charge < -0.3 is 9.47 Å². The molecule has 0 unspecified atom stereocenters. The second-order valence-corrected chi connectivity index (χ2v) is 9.01. The lowest BCUT2D eigenvalue weighted by Gasteiger charge is -2.09. The number of benzene rings is 1. The van der Waals surface area contributed by atoms with Crippen molar-refractivity contribution in [2.75, 3.05) is 12.4 Å². The van der Waals surface area contributed by atoms with Gasteiger partial charge >= 0.3 is 5.97 Å². The number of methoxy groups -OCH3 is 1. The maximum Gasteiger partial charge on any atom is 0.353 e. The van der Waals surface area contributed by atoms with Crippen LogP contribution in [-0.2, 0) is 11.2 Å². The Morgan fingerprint density at radius 3 is 2.72 bits per heavy atom. The van der Waals surface area contributed by atoms with Gasteiger partial charge in [-0.2, -0.15) is 5.26 Å². The number of aromatic nitrogens is 2. The zero-order valence-corrected chi connectivity index (χ0v) is 19.3. The number of carbonyl (C=O) groups excluding carboxylic acids is 2. The molecule has 0 aliphatic heterocycles. The van der Waals surface area contributed by atoms with Crippen LogP contribution in [0.1, 0.15) is 34.1 Å². The van der Waals surface area contributed by atoms with Gasteiger partial charge in [-0.05, 0) is 41.1 Å². The van der Waals surface area contributed by atoms with E-state index in [1.807, 2.05) is 6.07 Å². The maximum atomic E-state index is 12.5. The molecule has 0 bridgehead atoms. The fourth-order valence-corrected chi connectivity index (χ4v) is 4.16. The number of hydrogen-bond acceptors (Lipinski definition) is 9. The Morgan fingerprint density at radius 2 is 2.06 bits per heavy atom. The number of hydrogen-bond donors (Lipinski definition) is 1. The summed E-state index contributed by atoms with van der Waals surface area (Å²) < 4.78 is 10.7. The first-order chi connectivity index (χ1) is 15.4. The summed E-state index contributed by atoms with van der Waals surface area (Å²) in [4.78, 5) is 25.2. The largest absolute Gasteiger partial charge is 0.493 e. The quantitative estimate of drug-likeness (QED) is 0.223. The summed E-state index contributed by atoms with van der Waals surface area (Å²) in [5, 5.41) is 23.0. The van der Waals surface area contributed by atoms with E-state index in [-0.39, 0.29) is 11.3 Å². The van der Waals surface area contributed by atoms with Crippen molar-refractivity contribution in [2.24, 2.45) is 5.92 Å². The SMILES string of the molecule is COc1cc(/C=C(/C#N)C(=O)Nc2nnc(CC(C)C)s2)ccc1OC(=O)c1cccs1. The number of rotatable bonds is 8. The third-order valence-electron chi connectivity index (χ3n) is 4.06. The number of nitriles is 1. The van der Waals surface area contributed by atoms with E-state index in [0.29, 0.717) is 27.2 Å². The molecule has 8 nitrogen and oxygen atoms in total. The number of anilines is 1. The van der Waals surface area contributed by atoms with E-state index >= 15 is 0 Å². The van der Waals surface area contributed by atoms with E-state index in [9.17, 15) is 14.9 Å². The van der Waals surface area contributed by atoms with Gasteiger partial charge in [0.15, 0.2) is 11.5 Å². The first kappa shape index (κ1) is 23.1. The molecule has 1 amide bonds. The molecular weight excluding hydrogens is 448 g/mol. The molecule has 3 aromatic rings. The molecule has 0 spiro atoms. The Bertz CT molecular complexity index is 1180. The van der Waals surface area contributed by atoms with Gasteiger partial charge in [-0.15, -0.1) is 21.5 Å². The van der Waals surface area contributed by atoms with E-state index in [0.717, 1.165) is 11.4 Å². The number of ether oxygens (including phenoxy) is 2. The van der Waals surface area contributed by atoms with E-state index in [1.54, 1.807) is 35.7 Å². The number of nitrogens with one attached hydrogen (secondary N) is 1. The van der Waals surface area contributed by atoms with Gasteiger partial charge in [-0.3, -0.25) is 10.1 Å². The zero-order chi connectivity index (χ0) is 23.1. The highest BCUT2D eigenvalue weighted by atomic mass is 32.1. The van der Waals surface area contributed by atoms with Gasteiger partial charge in [0.25, 0.3) is 5.91 Å². The zero-order valence-electron chi connectivity index (χ0n) is 17.6. The summed E-state index contributed by atoms with van der Waals surface area (Å²) in [5.74, 6) is -0.135. The average molecular weight is 469 g/mol. The van der Waals surface area contributed by atoms with Crippen molar-refractivity contribution in [3.05, 3.63) is 56.7 Å². The lowest BCUT2D eigenvalue weighted by Crippen LogP contribution is -2.13. The van der Waals surface area contributed by atoms with Crippen molar-refractivity contribution in [1.29, 1.82) is 5.26 Å². The van der Waals surface area contributed by atoms with Crippen LogP contribution in [0.3, 0.4) is 0 Å². The predicted molar refractivity (Wildman–Crippen MR) is 123 cm³/mol. The van der Waals surface area contributed by atoms with Crippen molar-refractivity contribution >= 4 is 45.8 Å². The molecule has 32 heavy (non-hydrogen) atoms.